The summed E-state index contributed by atoms with van der Waals surface area (Å²) in [6.45, 7) is 11.4. The number of halogens is 1. The van der Waals surface area contributed by atoms with Gasteiger partial charge in [-0.1, -0.05) is 42.8 Å². The number of amides is 1. The second kappa shape index (κ2) is 5.43. The molecule has 3 nitrogen and oxygen atoms in total. The number of hydrogen-bond donors (Lipinski definition) is 1. The van der Waals surface area contributed by atoms with Crippen LogP contribution in [0.3, 0.4) is 0 Å². The number of benzene rings is 1. The molecule has 1 amide bonds. The van der Waals surface area contributed by atoms with E-state index in [9.17, 15) is 4.79 Å². The lowest BCUT2D eigenvalue weighted by Crippen LogP contribution is -2.44. The molecular formula is C18H26BrNO2Si. The molecule has 1 N–H and O–H groups in total. The minimum Gasteiger partial charge on any atom is -0.414 e. The summed E-state index contributed by atoms with van der Waals surface area (Å²) in [4.78, 5) is 12.7. The van der Waals surface area contributed by atoms with Crippen LogP contribution in [0.5, 0.6) is 0 Å². The third-order valence-electron chi connectivity index (χ3n) is 5.91. The lowest BCUT2D eigenvalue weighted by atomic mass is 9.80. The molecule has 1 saturated carbocycles. The molecule has 1 aliphatic carbocycles. The van der Waals surface area contributed by atoms with Gasteiger partial charge in [-0.3, -0.25) is 4.79 Å². The molecule has 1 fully saturated rings. The van der Waals surface area contributed by atoms with Crippen molar-refractivity contribution in [3.63, 3.8) is 0 Å². The molecule has 1 aromatic rings. The Morgan fingerprint density at radius 1 is 1.35 bits per heavy atom. The smallest absolute Gasteiger partial charge is 0.235 e. The van der Waals surface area contributed by atoms with E-state index in [2.05, 4.69) is 55.1 Å². The third kappa shape index (κ3) is 2.71. The number of carbonyl (C=O) groups excluding carboxylic acids is 1. The van der Waals surface area contributed by atoms with Crippen molar-refractivity contribution < 1.29 is 9.22 Å². The number of rotatable bonds is 2. The Bertz CT molecular complexity index is 653. The maximum atomic E-state index is 12.7. The lowest BCUT2D eigenvalue weighted by Gasteiger charge is -2.38. The van der Waals surface area contributed by atoms with Gasteiger partial charge in [0.05, 0.1) is 5.41 Å². The summed E-state index contributed by atoms with van der Waals surface area (Å²) in [7, 11) is -1.81. The van der Waals surface area contributed by atoms with E-state index < -0.39 is 13.7 Å². The first kappa shape index (κ1) is 17.2. The summed E-state index contributed by atoms with van der Waals surface area (Å²) in [5, 5.41) is 3.27. The summed E-state index contributed by atoms with van der Waals surface area (Å²) < 4.78 is 7.63. The quantitative estimate of drug-likeness (QED) is 0.697. The van der Waals surface area contributed by atoms with Crippen molar-refractivity contribution in [2.75, 3.05) is 5.32 Å². The Morgan fingerprint density at radius 2 is 2.04 bits per heavy atom. The molecule has 126 valence electrons. The highest BCUT2D eigenvalue weighted by atomic mass is 79.9. The maximum Gasteiger partial charge on any atom is 0.235 e. The number of nitrogens with one attached hydrogen (secondary N) is 1. The van der Waals surface area contributed by atoms with E-state index in [1.807, 2.05) is 18.2 Å². The number of hydrogen-bond acceptors (Lipinski definition) is 2. The fourth-order valence-corrected chi connectivity index (χ4v) is 5.73. The van der Waals surface area contributed by atoms with Crippen LogP contribution in [0.25, 0.3) is 0 Å². The van der Waals surface area contributed by atoms with Crippen LogP contribution in [-0.2, 0) is 14.6 Å². The topological polar surface area (TPSA) is 38.3 Å². The van der Waals surface area contributed by atoms with E-state index >= 15 is 0 Å². The molecule has 0 saturated heterocycles. The largest absolute Gasteiger partial charge is 0.414 e. The van der Waals surface area contributed by atoms with Gasteiger partial charge in [0.1, 0.15) is 0 Å². The molecule has 2 atom stereocenters. The molecule has 0 radical (unpaired) electrons. The van der Waals surface area contributed by atoms with Crippen molar-refractivity contribution in [2.45, 2.75) is 69.7 Å². The van der Waals surface area contributed by atoms with Crippen molar-refractivity contribution in [3.05, 3.63) is 28.2 Å². The molecular weight excluding hydrogens is 370 g/mol. The average Bonchev–Trinajstić information content (AvgIpc) is 2.93. The first-order valence-corrected chi connectivity index (χ1v) is 12.1. The Hall–Kier alpha value is -0.653. The van der Waals surface area contributed by atoms with Gasteiger partial charge in [0.2, 0.25) is 5.91 Å². The summed E-state index contributed by atoms with van der Waals surface area (Å²) in [5.74, 6) is 0.140. The molecule has 1 heterocycles. The molecule has 0 bridgehead atoms. The molecule has 1 aromatic carbocycles. The summed E-state index contributed by atoms with van der Waals surface area (Å²) in [6.07, 6.45) is 2.80. The van der Waals surface area contributed by atoms with Crippen LogP contribution in [0.4, 0.5) is 5.69 Å². The summed E-state index contributed by atoms with van der Waals surface area (Å²) in [6, 6.07) is 6.00. The van der Waals surface area contributed by atoms with Crippen molar-refractivity contribution in [1.82, 2.24) is 0 Å². The number of anilines is 1. The van der Waals surface area contributed by atoms with Gasteiger partial charge in [-0.15, -0.1) is 0 Å². The van der Waals surface area contributed by atoms with Crippen molar-refractivity contribution in [1.29, 1.82) is 0 Å². The summed E-state index contributed by atoms with van der Waals surface area (Å²) >= 11 is 3.65. The van der Waals surface area contributed by atoms with E-state index in [1.165, 1.54) is 0 Å². The number of fused-ring (bicyclic) bond motifs is 2. The zero-order valence-electron chi connectivity index (χ0n) is 14.6. The van der Waals surface area contributed by atoms with Crippen LogP contribution < -0.4 is 5.32 Å². The molecule has 3 rings (SSSR count). The standard InChI is InChI=1S/C18H26BrNO2Si/c1-17(2,3)23(4,5)22-12-9-10-18(11-12)15-13(19)7-6-8-14(15)20-16(18)21/h6-8,12H,9-11H2,1-5H3,(H,20,21). The first-order valence-electron chi connectivity index (χ1n) is 8.35. The third-order valence-corrected chi connectivity index (χ3v) is 11.1. The predicted octanol–water partition coefficient (Wildman–Crippen LogP) is 5.21. The Kier molecular flexibility index (Phi) is 4.05. The van der Waals surface area contributed by atoms with E-state index in [1.54, 1.807) is 0 Å². The van der Waals surface area contributed by atoms with Crippen LogP contribution in [0.15, 0.2) is 22.7 Å². The van der Waals surface area contributed by atoms with Crippen molar-refractivity contribution >= 4 is 35.8 Å². The Balaban J connectivity index is 1.87. The van der Waals surface area contributed by atoms with Crippen LogP contribution in [0.2, 0.25) is 18.1 Å². The van der Waals surface area contributed by atoms with Gasteiger partial charge in [0.25, 0.3) is 0 Å². The van der Waals surface area contributed by atoms with E-state index in [-0.39, 0.29) is 17.0 Å². The van der Waals surface area contributed by atoms with Gasteiger partial charge >= 0.3 is 0 Å². The Labute approximate surface area is 148 Å². The van der Waals surface area contributed by atoms with Crippen molar-refractivity contribution in [2.24, 2.45) is 0 Å². The zero-order valence-corrected chi connectivity index (χ0v) is 17.2. The van der Waals surface area contributed by atoms with E-state index in [4.69, 9.17) is 4.43 Å². The second-order valence-corrected chi connectivity index (χ2v) is 14.1. The second-order valence-electron chi connectivity index (χ2n) is 8.44. The van der Waals surface area contributed by atoms with Gasteiger partial charge in [-0.05, 0) is 49.5 Å². The fourth-order valence-electron chi connectivity index (χ4n) is 3.60. The molecule has 1 spiro atoms. The van der Waals surface area contributed by atoms with Crippen LogP contribution in [0, 0.1) is 0 Å². The molecule has 2 aliphatic rings. The first-order chi connectivity index (χ1) is 10.6. The highest BCUT2D eigenvalue weighted by Gasteiger charge is 2.54. The van der Waals surface area contributed by atoms with E-state index in [0.717, 1.165) is 35.0 Å². The van der Waals surface area contributed by atoms with Gasteiger partial charge in [-0.2, -0.15) is 0 Å². The molecule has 2 unspecified atom stereocenters. The van der Waals surface area contributed by atoms with Crippen LogP contribution in [0.1, 0.15) is 45.6 Å². The monoisotopic (exact) mass is 395 g/mol. The fraction of sp³-hybridized carbons (Fsp3) is 0.611. The lowest BCUT2D eigenvalue weighted by molar-refractivity contribution is -0.120. The van der Waals surface area contributed by atoms with E-state index in [0.29, 0.717) is 0 Å². The highest BCUT2D eigenvalue weighted by molar-refractivity contribution is 9.10. The van der Waals surface area contributed by atoms with Gasteiger partial charge in [-0.25, -0.2) is 0 Å². The van der Waals surface area contributed by atoms with Gasteiger partial charge in [0.15, 0.2) is 8.32 Å². The van der Waals surface area contributed by atoms with Gasteiger partial charge < -0.3 is 9.74 Å². The van der Waals surface area contributed by atoms with Crippen LogP contribution >= 0.6 is 15.9 Å². The molecule has 23 heavy (non-hydrogen) atoms. The number of carbonyl (C=O) groups is 1. The normalized spacial score (nSPS) is 27.4. The molecule has 0 aromatic heterocycles. The molecule has 1 aliphatic heterocycles. The summed E-state index contributed by atoms with van der Waals surface area (Å²) in [5.41, 5.74) is 1.67. The maximum absolute atomic E-state index is 12.7. The minimum atomic E-state index is -1.81. The molecule has 5 heteroatoms. The zero-order chi connectivity index (χ0) is 17.0. The van der Waals surface area contributed by atoms with Crippen molar-refractivity contribution in [3.8, 4) is 0 Å². The van der Waals surface area contributed by atoms with Gasteiger partial charge in [0, 0.05) is 21.8 Å². The average molecular weight is 396 g/mol. The SMILES string of the molecule is CC(C)(C)[Si](C)(C)OC1CCC2(C1)C(=O)Nc1cccc(Br)c12. The highest BCUT2D eigenvalue weighted by Crippen LogP contribution is 2.53. The van der Waals surface area contributed by atoms with Crippen LogP contribution in [-0.4, -0.2) is 20.3 Å². The Morgan fingerprint density at radius 3 is 2.70 bits per heavy atom. The minimum absolute atomic E-state index is 0.140. The predicted molar refractivity (Wildman–Crippen MR) is 100 cm³/mol.